The first-order valence-corrected chi connectivity index (χ1v) is 7.61. The number of nitrogens with zero attached hydrogens (tertiary/aromatic N) is 2. The lowest BCUT2D eigenvalue weighted by atomic mass is 9.78. The molecule has 0 aromatic carbocycles. The molecular formula is C14H25ClN4O. The fraction of sp³-hybridized carbons (Fsp3) is 0.786. The van der Waals surface area contributed by atoms with Crippen molar-refractivity contribution in [3.63, 3.8) is 0 Å². The van der Waals surface area contributed by atoms with Gasteiger partial charge in [0.1, 0.15) is 0 Å². The molecule has 1 aliphatic rings. The summed E-state index contributed by atoms with van der Waals surface area (Å²) in [5.41, 5.74) is 4.62. The number of hydrogen-bond acceptors (Lipinski definition) is 4. The number of nitrogens with one attached hydrogen (secondary N) is 1. The Morgan fingerprint density at radius 2 is 2.10 bits per heavy atom. The number of nitrogens with two attached hydrogens (primary N) is 1. The Morgan fingerprint density at radius 1 is 1.45 bits per heavy atom. The zero-order valence-corrected chi connectivity index (χ0v) is 13.3. The molecule has 2 rings (SSSR count). The Morgan fingerprint density at radius 3 is 2.55 bits per heavy atom. The number of aryl methyl sites for hydroxylation is 2. The van der Waals surface area contributed by atoms with E-state index < -0.39 is 0 Å². The molecule has 1 aromatic heterocycles. The van der Waals surface area contributed by atoms with Gasteiger partial charge >= 0.3 is 0 Å². The van der Waals surface area contributed by atoms with Crippen LogP contribution >= 0.6 is 11.6 Å². The molecule has 114 valence electrons. The molecule has 6 heteroatoms. The monoisotopic (exact) mass is 300 g/mol. The van der Waals surface area contributed by atoms with Crippen LogP contribution in [-0.4, -0.2) is 28.5 Å². The zero-order chi connectivity index (χ0) is 14.8. The summed E-state index contributed by atoms with van der Waals surface area (Å²) in [4.78, 5) is 0. The molecule has 1 fully saturated rings. The van der Waals surface area contributed by atoms with Crippen LogP contribution < -0.4 is 11.3 Å². The van der Waals surface area contributed by atoms with Crippen LogP contribution in [0.15, 0.2) is 0 Å². The molecule has 0 spiro atoms. The average molecular weight is 301 g/mol. The van der Waals surface area contributed by atoms with Gasteiger partial charge in [-0.2, -0.15) is 5.10 Å². The van der Waals surface area contributed by atoms with Crippen molar-refractivity contribution in [1.82, 2.24) is 15.2 Å². The summed E-state index contributed by atoms with van der Waals surface area (Å²) in [7, 11) is 3.70. The Balaban J connectivity index is 2.23. The van der Waals surface area contributed by atoms with E-state index in [2.05, 4.69) is 10.5 Å². The first-order valence-electron chi connectivity index (χ1n) is 7.23. The van der Waals surface area contributed by atoms with Crippen LogP contribution in [0.3, 0.4) is 0 Å². The lowest BCUT2D eigenvalue weighted by molar-refractivity contribution is -0.0677. The molecule has 1 heterocycles. The van der Waals surface area contributed by atoms with Crippen LogP contribution in [0, 0.1) is 6.92 Å². The van der Waals surface area contributed by atoms with Crippen LogP contribution in [0.2, 0.25) is 5.02 Å². The number of aromatic nitrogens is 2. The summed E-state index contributed by atoms with van der Waals surface area (Å²) < 4.78 is 7.72. The molecule has 0 amide bonds. The van der Waals surface area contributed by atoms with Gasteiger partial charge in [-0.25, -0.2) is 0 Å². The van der Waals surface area contributed by atoms with Crippen molar-refractivity contribution >= 4 is 11.6 Å². The van der Waals surface area contributed by atoms with Crippen molar-refractivity contribution in [1.29, 1.82) is 0 Å². The van der Waals surface area contributed by atoms with Gasteiger partial charge in [0, 0.05) is 20.6 Å². The van der Waals surface area contributed by atoms with Gasteiger partial charge in [-0.05, 0) is 19.8 Å². The Kier molecular flexibility index (Phi) is 5.07. The van der Waals surface area contributed by atoms with Gasteiger partial charge in [-0.1, -0.05) is 30.9 Å². The van der Waals surface area contributed by atoms with Gasteiger partial charge < -0.3 is 4.74 Å². The number of hydrogen-bond donors (Lipinski definition) is 2. The van der Waals surface area contributed by atoms with Crippen molar-refractivity contribution in [2.75, 3.05) is 7.11 Å². The third kappa shape index (κ3) is 2.86. The Hall–Kier alpha value is -0.620. The molecular weight excluding hydrogens is 276 g/mol. The third-order valence-electron chi connectivity index (χ3n) is 4.60. The highest BCUT2D eigenvalue weighted by atomic mass is 35.5. The van der Waals surface area contributed by atoms with Crippen LogP contribution in [0.4, 0.5) is 0 Å². The highest BCUT2D eigenvalue weighted by molar-refractivity contribution is 6.31. The summed E-state index contributed by atoms with van der Waals surface area (Å²) in [5, 5.41) is 5.10. The molecule has 1 aromatic rings. The second kappa shape index (κ2) is 6.43. The van der Waals surface area contributed by atoms with E-state index in [1.807, 2.05) is 18.7 Å². The summed E-state index contributed by atoms with van der Waals surface area (Å²) in [6.07, 6.45) is 6.43. The summed E-state index contributed by atoms with van der Waals surface area (Å²) in [6.45, 7) is 1.92. The number of hydrazine groups is 1. The topological polar surface area (TPSA) is 65.1 Å². The standard InChI is InChI=1S/C14H25ClN4O/c1-10-13(15)11(19(2)18-10)9-12(17-16)14(20-3)7-5-4-6-8-14/h12,17H,4-9,16H2,1-3H3. The van der Waals surface area contributed by atoms with E-state index in [4.69, 9.17) is 22.2 Å². The van der Waals surface area contributed by atoms with Crippen molar-refractivity contribution < 1.29 is 4.74 Å². The van der Waals surface area contributed by atoms with Crippen LogP contribution in [-0.2, 0) is 18.2 Å². The van der Waals surface area contributed by atoms with Crippen molar-refractivity contribution in [2.24, 2.45) is 12.9 Å². The molecule has 0 aliphatic heterocycles. The van der Waals surface area contributed by atoms with E-state index in [9.17, 15) is 0 Å². The van der Waals surface area contributed by atoms with E-state index in [-0.39, 0.29) is 11.6 Å². The van der Waals surface area contributed by atoms with Crippen LogP contribution in [0.5, 0.6) is 0 Å². The second-order valence-electron chi connectivity index (χ2n) is 5.72. The maximum Gasteiger partial charge on any atom is 0.0848 e. The number of halogens is 1. The molecule has 0 bridgehead atoms. The molecule has 3 N–H and O–H groups in total. The Bertz CT molecular complexity index is 454. The van der Waals surface area contributed by atoms with E-state index in [0.717, 1.165) is 35.7 Å². The van der Waals surface area contributed by atoms with Crippen molar-refractivity contribution in [3.05, 3.63) is 16.4 Å². The van der Waals surface area contributed by atoms with E-state index in [1.165, 1.54) is 19.3 Å². The molecule has 1 saturated carbocycles. The van der Waals surface area contributed by atoms with Crippen LogP contribution in [0.25, 0.3) is 0 Å². The normalized spacial score (nSPS) is 20.1. The third-order valence-corrected chi connectivity index (χ3v) is 5.09. The van der Waals surface area contributed by atoms with Gasteiger partial charge in [0.2, 0.25) is 0 Å². The first-order chi connectivity index (χ1) is 9.54. The fourth-order valence-corrected chi connectivity index (χ4v) is 3.57. The van der Waals surface area contributed by atoms with E-state index >= 15 is 0 Å². The minimum absolute atomic E-state index is 0.0418. The molecule has 1 atom stereocenters. The highest BCUT2D eigenvalue weighted by Gasteiger charge is 2.40. The second-order valence-corrected chi connectivity index (χ2v) is 6.10. The molecule has 5 nitrogen and oxygen atoms in total. The van der Waals surface area contributed by atoms with E-state index in [0.29, 0.717) is 0 Å². The van der Waals surface area contributed by atoms with Crippen molar-refractivity contribution in [3.8, 4) is 0 Å². The van der Waals surface area contributed by atoms with Crippen LogP contribution in [0.1, 0.15) is 43.5 Å². The lowest BCUT2D eigenvalue weighted by Gasteiger charge is -2.42. The number of ether oxygens (including phenoxy) is 1. The summed E-state index contributed by atoms with van der Waals surface area (Å²) in [5.74, 6) is 5.82. The van der Waals surface area contributed by atoms with Gasteiger partial charge in [0.25, 0.3) is 0 Å². The minimum Gasteiger partial charge on any atom is -0.377 e. The Labute approximate surface area is 125 Å². The summed E-state index contributed by atoms with van der Waals surface area (Å²) >= 11 is 6.35. The lowest BCUT2D eigenvalue weighted by Crippen LogP contribution is -2.56. The molecule has 0 saturated heterocycles. The smallest absolute Gasteiger partial charge is 0.0848 e. The predicted octanol–water partition coefficient (Wildman–Crippen LogP) is 2.11. The van der Waals surface area contributed by atoms with Gasteiger partial charge in [0.05, 0.1) is 28.1 Å². The van der Waals surface area contributed by atoms with Crippen molar-refractivity contribution in [2.45, 2.75) is 57.1 Å². The molecule has 20 heavy (non-hydrogen) atoms. The van der Waals surface area contributed by atoms with Gasteiger partial charge in [0.15, 0.2) is 0 Å². The SMILES string of the molecule is COC1(C(Cc2c(Cl)c(C)nn2C)NN)CCCCC1. The number of rotatable bonds is 5. The average Bonchev–Trinajstić information content (AvgIpc) is 2.71. The number of methoxy groups -OCH3 is 1. The molecule has 1 unspecified atom stereocenters. The van der Waals surface area contributed by atoms with E-state index in [1.54, 1.807) is 7.11 Å². The highest BCUT2D eigenvalue weighted by Crippen LogP contribution is 2.36. The molecule has 1 aliphatic carbocycles. The molecule has 0 radical (unpaired) electrons. The first kappa shape index (κ1) is 15.8. The summed E-state index contributed by atoms with van der Waals surface area (Å²) in [6, 6.07) is 0.0418. The fourth-order valence-electron chi connectivity index (χ4n) is 3.34. The quantitative estimate of drug-likeness (QED) is 0.646. The predicted molar refractivity (Wildman–Crippen MR) is 80.6 cm³/mol. The largest absolute Gasteiger partial charge is 0.377 e. The minimum atomic E-state index is -0.200. The van der Waals surface area contributed by atoms with Gasteiger partial charge in [-0.15, -0.1) is 0 Å². The van der Waals surface area contributed by atoms with Gasteiger partial charge in [-0.3, -0.25) is 16.0 Å². The maximum absolute atomic E-state index is 6.35. The maximum atomic E-state index is 6.35. The zero-order valence-electron chi connectivity index (χ0n) is 12.6.